The Morgan fingerprint density at radius 1 is 1.03 bits per heavy atom. The first-order valence-electron chi connectivity index (χ1n) is 13.3. The number of pyridine rings is 1. The van der Waals surface area contributed by atoms with Crippen LogP contribution in [0, 0.1) is 5.41 Å². The van der Waals surface area contributed by atoms with Gasteiger partial charge in [0.15, 0.2) is 0 Å². The molecule has 2 atom stereocenters. The standard InChI is InChI=1S/C30H32N4O4/c35-28(32-23-10-11-25(31-19-23)34-14-16-37-17-15-34)27(33-29(36)38-20-21-6-2-1-3-7-21)26-24-9-5-4-8-22(24)18-30(26)12-13-30/h1-11,19,26-27H,12-18,20H2,(H,32,35)(H,33,36)/t26?,27-/m0/s1. The molecule has 2 amide bonds. The van der Waals surface area contributed by atoms with E-state index < -0.39 is 12.1 Å². The molecule has 38 heavy (non-hydrogen) atoms. The summed E-state index contributed by atoms with van der Waals surface area (Å²) in [6.07, 6.45) is 4.06. The maximum Gasteiger partial charge on any atom is 0.408 e. The first-order valence-corrected chi connectivity index (χ1v) is 13.3. The lowest BCUT2D eigenvalue weighted by Gasteiger charge is -2.29. The molecule has 1 unspecified atom stereocenters. The minimum absolute atomic E-state index is 0.00313. The molecule has 1 saturated heterocycles. The van der Waals surface area contributed by atoms with Gasteiger partial charge < -0.3 is 25.0 Å². The quantitative estimate of drug-likeness (QED) is 0.491. The number of benzene rings is 2. The van der Waals surface area contributed by atoms with Crippen LogP contribution in [0.5, 0.6) is 0 Å². The summed E-state index contributed by atoms with van der Waals surface area (Å²) in [6, 6.07) is 20.8. The number of hydrogen-bond acceptors (Lipinski definition) is 6. The van der Waals surface area contributed by atoms with Gasteiger partial charge in [-0.25, -0.2) is 9.78 Å². The Kier molecular flexibility index (Phi) is 6.72. The Labute approximate surface area is 222 Å². The first-order chi connectivity index (χ1) is 18.6. The monoisotopic (exact) mass is 512 g/mol. The summed E-state index contributed by atoms with van der Waals surface area (Å²) in [6.45, 7) is 3.08. The van der Waals surface area contributed by atoms with Gasteiger partial charge in [0.1, 0.15) is 18.5 Å². The summed E-state index contributed by atoms with van der Waals surface area (Å²) in [5.74, 6) is 0.464. The summed E-state index contributed by atoms with van der Waals surface area (Å²) < 4.78 is 10.9. The van der Waals surface area contributed by atoms with Gasteiger partial charge in [-0.3, -0.25) is 4.79 Å². The molecule has 8 nitrogen and oxygen atoms in total. The molecule has 6 rings (SSSR count). The Balaban J connectivity index is 1.21. The second-order valence-corrected chi connectivity index (χ2v) is 10.4. The van der Waals surface area contributed by atoms with Crippen molar-refractivity contribution in [1.82, 2.24) is 10.3 Å². The lowest BCUT2D eigenvalue weighted by Crippen LogP contribution is -2.49. The van der Waals surface area contributed by atoms with Crippen molar-refractivity contribution in [2.45, 2.75) is 37.8 Å². The average Bonchev–Trinajstić information content (AvgIpc) is 3.65. The van der Waals surface area contributed by atoms with E-state index in [1.807, 2.05) is 54.6 Å². The van der Waals surface area contributed by atoms with E-state index in [-0.39, 0.29) is 23.8 Å². The number of fused-ring (bicyclic) bond motifs is 1. The highest BCUT2D eigenvalue weighted by Gasteiger charge is 2.58. The summed E-state index contributed by atoms with van der Waals surface area (Å²) in [5, 5.41) is 5.94. The van der Waals surface area contributed by atoms with Gasteiger partial charge in [-0.15, -0.1) is 0 Å². The molecule has 0 bridgehead atoms. The summed E-state index contributed by atoms with van der Waals surface area (Å²) >= 11 is 0. The van der Waals surface area contributed by atoms with Crippen molar-refractivity contribution in [3.05, 3.63) is 89.6 Å². The molecule has 0 radical (unpaired) electrons. The van der Waals surface area contributed by atoms with Gasteiger partial charge >= 0.3 is 6.09 Å². The number of nitrogens with one attached hydrogen (secondary N) is 2. The maximum absolute atomic E-state index is 13.8. The van der Waals surface area contributed by atoms with Gasteiger partial charge in [0, 0.05) is 19.0 Å². The Morgan fingerprint density at radius 3 is 2.53 bits per heavy atom. The van der Waals surface area contributed by atoms with Gasteiger partial charge in [0.25, 0.3) is 0 Å². The van der Waals surface area contributed by atoms with E-state index in [2.05, 4.69) is 32.7 Å². The molecule has 196 valence electrons. The van der Waals surface area contributed by atoms with Crippen molar-refractivity contribution in [1.29, 1.82) is 0 Å². The third-order valence-corrected chi connectivity index (χ3v) is 7.94. The second-order valence-electron chi connectivity index (χ2n) is 10.4. The zero-order valence-corrected chi connectivity index (χ0v) is 21.3. The minimum atomic E-state index is -0.775. The highest BCUT2D eigenvalue weighted by molar-refractivity contribution is 5.97. The third kappa shape index (κ3) is 5.09. The Hall–Kier alpha value is -3.91. The molecular weight excluding hydrogens is 480 g/mol. The number of morpholine rings is 1. The van der Waals surface area contributed by atoms with Gasteiger partial charge in [-0.05, 0) is 53.5 Å². The van der Waals surface area contributed by atoms with Crippen molar-refractivity contribution in [2.24, 2.45) is 5.41 Å². The van der Waals surface area contributed by atoms with Gasteiger partial charge in [0.2, 0.25) is 5.91 Å². The van der Waals surface area contributed by atoms with Gasteiger partial charge in [-0.1, -0.05) is 54.6 Å². The number of rotatable bonds is 7. The van der Waals surface area contributed by atoms with Crippen LogP contribution in [0.15, 0.2) is 72.9 Å². The molecule has 1 aliphatic heterocycles. The number of amides is 2. The number of anilines is 2. The summed E-state index contributed by atoms with van der Waals surface area (Å²) in [4.78, 5) is 33.5. The number of ether oxygens (including phenoxy) is 2. The first kappa shape index (κ1) is 24.4. The third-order valence-electron chi connectivity index (χ3n) is 7.94. The number of aromatic nitrogens is 1. The van der Waals surface area contributed by atoms with Gasteiger partial charge in [0.05, 0.1) is 25.1 Å². The molecule has 1 saturated carbocycles. The van der Waals surface area contributed by atoms with Crippen LogP contribution in [0.1, 0.15) is 35.4 Å². The molecule has 2 fully saturated rings. The van der Waals surface area contributed by atoms with Gasteiger partial charge in [-0.2, -0.15) is 0 Å². The van der Waals surface area contributed by atoms with Crippen molar-refractivity contribution in [3.63, 3.8) is 0 Å². The van der Waals surface area contributed by atoms with E-state index in [4.69, 9.17) is 9.47 Å². The molecule has 2 aliphatic carbocycles. The number of hydrogen-bond donors (Lipinski definition) is 2. The van der Waals surface area contributed by atoms with E-state index in [1.165, 1.54) is 5.56 Å². The predicted octanol–water partition coefficient (Wildman–Crippen LogP) is 4.27. The van der Waals surface area contributed by atoms with Crippen LogP contribution in [0.4, 0.5) is 16.3 Å². The molecule has 3 aromatic rings. The van der Waals surface area contributed by atoms with Crippen LogP contribution in [0.25, 0.3) is 0 Å². The largest absolute Gasteiger partial charge is 0.445 e. The lowest BCUT2D eigenvalue weighted by molar-refractivity contribution is -0.119. The molecule has 3 aliphatic rings. The van der Waals surface area contributed by atoms with Crippen molar-refractivity contribution in [2.75, 3.05) is 36.5 Å². The molecule has 1 spiro atoms. The minimum Gasteiger partial charge on any atom is -0.445 e. The fraction of sp³-hybridized carbons (Fsp3) is 0.367. The fourth-order valence-corrected chi connectivity index (χ4v) is 5.85. The lowest BCUT2D eigenvalue weighted by atomic mass is 9.82. The molecule has 2 aromatic carbocycles. The summed E-state index contributed by atoms with van der Waals surface area (Å²) in [5.41, 5.74) is 3.86. The normalized spacial score (nSPS) is 19.9. The zero-order chi connectivity index (χ0) is 26.0. The molecular formula is C30H32N4O4. The number of nitrogens with zero attached hydrogens (tertiary/aromatic N) is 2. The molecule has 2 N–H and O–H groups in total. The molecule has 1 aromatic heterocycles. The highest BCUT2D eigenvalue weighted by Crippen LogP contribution is 2.64. The van der Waals surface area contributed by atoms with Crippen LogP contribution in [0.2, 0.25) is 0 Å². The SMILES string of the molecule is O=C(N[C@H](C(=O)Nc1ccc(N2CCOCC2)nc1)C1c2ccccc2CC12CC2)OCc1ccccc1. The fourth-order valence-electron chi connectivity index (χ4n) is 5.85. The van der Waals surface area contributed by atoms with E-state index in [1.54, 1.807) is 6.20 Å². The van der Waals surface area contributed by atoms with Crippen LogP contribution in [-0.2, 0) is 27.3 Å². The van der Waals surface area contributed by atoms with Crippen molar-refractivity contribution >= 4 is 23.5 Å². The van der Waals surface area contributed by atoms with Crippen LogP contribution >= 0.6 is 0 Å². The number of alkyl carbamates (subject to hydrolysis) is 1. The molecule has 8 heteroatoms. The van der Waals surface area contributed by atoms with E-state index in [0.29, 0.717) is 18.9 Å². The maximum atomic E-state index is 13.8. The van der Waals surface area contributed by atoms with Crippen LogP contribution in [-0.4, -0.2) is 49.3 Å². The Morgan fingerprint density at radius 2 is 1.79 bits per heavy atom. The van der Waals surface area contributed by atoms with E-state index in [9.17, 15) is 9.59 Å². The van der Waals surface area contributed by atoms with Crippen molar-refractivity contribution < 1.29 is 19.1 Å². The van der Waals surface area contributed by atoms with Crippen molar-refractivity contribution in [3.8, 4) is 0 Å². The predicted molar refractivity (Wildman–Crippen MR) is 144 cm³/mol. The topological polar surface area (TPSA) is 92.8 Å². The summed E-state index contributed by atoms with van der Waals surface area (Å²) in [7, 11) is 0. The van der Waals surface area contributed by atoms with Crippen LogP contribution < -0.4 is 15.5 Å². The average molecular weight is 513 g/mol. The number of carbonyl (C=O) groups is 2. The zero-order valence-electron chi connectivity index (χ0n) is 21.3. The van der Waals surface area contributed by atoms with Crippen LogP contribution in [0.3, 0.4) is 0 Å². The van der Waals surface area contributed by atoms with E-state index >= 15 is 0 Å². The highest BCUT2D eigenvalue weighted by atomic mass is 16.5. The molecule has 2 heterocycles. The number of carbonyl (C=O) groups excluding carboxylic acids is 2. The van der Waals surface area contributed by atoms with E-state index in [0.717, 1.165) is 49.3 Å². The smallest absolute Gasteiger partial charge is 0.408 e. The second kappa shape index (κ2) is 10.5. The Bertz CT molecular complexity index is 1290.